The number of allylic oxidation sites excluding steroid dienone is 1. The van der Waals surface area contributed by atoms with Gasteiger partial charge in [-0.15, -0.1) is 18.3 Å². The summed E-state index contributed by atoms with van der Waals surface area (Å²) in [5, 5.41) is 0.938. The topological polar surface area (TPSA) is 0 Å². The highest BCUT2D eigenvalue weighted by Crippen LogP contribution is 2.47. The van der Waals surface area contributed by atoms with Crippen LogP contribution in [0.25, 0.3) is 0 Å². The van der Waals surface area contributed by atoms with Crippen molar-refractivity contribution in [2.75, 3.05) is 5.75 Å². The van der Waals surface area contributed by atoms with E-state index >= 15 is 0 Å². The van der Waals surface area contributed by atoms with Gasteiger partial charge in [-0.05, 0) is 19.8 Å². The molecule has 1 atom stereocenters. The molecule has 1 aliphatic heterocycles. The minimum atomic E-state index is 0.328. The number of hydrogen-bond acceptors (Lipinski definition) is 2. The van der Waals surface area contributed by atoms with E-state index < -0.39 is 0 Å². The molecule has 88 valence electrons. The van der Waals surface area contributed by atoms with Crippen molar-refractivity contribution in [3.05, 3.63) is 12.2 Å². The molecule has 0 aromatic heterocycles. The van der Waals surface area contributed by atoms with E-state index in [9.17, 15) is 0 Å². The fourth-order valence-corrected chi connectivity index (χ4v) is 5.28. The van der Waals surface area contributed by atoms with Crippen molar-refractivity contribution in [2.24, 2.45) is 0 Å². The second-order valence-corrected chi connectivity index (χ2v) is 9.66. The van der Waals surface area contributed by atoms with Crippen LogP contribution in [0, 0.1) is 0 Å². The van der Waals surface area contributed by atoms with Crippen molar-refractivity contribution in [1.82, 2.24) is 0 Å². The van der Waals surface area contributed by atoms with Crippen LogP contribution in [0.4, 0.5) is 0 Å². The molecule has 1 heterocycles. The van der Waals surface area contributed by atoms with Gasteiger partial charge in [0.1, 0.15) is 0 Å². The number of rotatable bonds is 6. The van der Waals surface area contributed by atoms with Crippen LogP contribution in [0.15, 0.2) is 12.2 Å². The van der Waals surface area contributed by atoms with E-state index in [4.69, 9.17) is 0 Å². The van der Waals surface area contributed by atoms with Crippen molar-refractivity contribution >= 4 is 23.5 Å². The second kappa shape index (κ2) is 4.75. The zero-order chi connectivity index (χ0) is 11.7. The van der Waals surface area contributed by atoms with E-state index in [0.717, 1.165) is 11.7 Å². The first kappa shape index (κ1) is 13.5. The molecule has 0 nitrogen and oxygen atoms in total. The van der Waals surface area contributed by atoms with E-state index in [2.05, 4.69) is 64.7 Å². The summed E-state index contributed by atoms with van der Waals surface area (Å²) in [7, 11) is 0. The average Bonchev–Trinajstić information content (AvgIpc) is 2.62. The van der Waals surface area contributed by atoms with Crippen LogP contribution in [0.5, 0.6) is 0 Å². The van der Waals surface area contributed by atoms with Gasteiger partial charge in [-0.2, -0.15) is 11.8 Å². The first-order valence-corrected chi connectivity index (χ1v) is 7.53. The maximum atomic E-state index is 4.03. The summed E-state index contributed by atoms with van der Waals surface area (Å²) in [6, 6.07) is 0. The standard InChI is InChI=1S/C13H24S2/c1-10(2)7-12(3,4)15-13(5,6)8-11-9-14-11/h11H,1,7-9H2,2-6H3. The Bertz CT molecular complexity index is 237. The summed E-state index contributed by atoms with van der Waals surface area (Å²) < 4.78 is 0.738. The van der Waals surface area contributed by atoms with Gasteiger partial charge >= 0.3 is 0 Å². The fourth-order valence-electron chi connectivity index (χ4n) is 2.29. The molecule has 1 fully saturated rings. The van der Waals surface area contributed by atoms with Gasteiger partial charge in [-0.25, -0.2) is 0 Å². The highest BCUT2D eigenvalue weighted by atomic mass is 32.2. The molecule has 0 spiro atoms. The fraction of sp³-hybridized carbons (Fsp3) is 0.846. The van der Waals surface area contributed by atoms with E-state index in [0.29, 0.717) is 9.49 Å². The second-order valence-electron chi connectivity index (χ2n) is 5.91. The lowest BCUT2D eigenvalue weighted by atomic mass is 10.0. The van der Waals surface area contributed by atoms with Crippen molar-refractivity contribution in [3.63, 3.8) is 0 Å². The third-order valence-corrected chi connectivity index (χ3v) is 4.79. The highest BCUT2D eigenvalue weighted by molar-refractivity contribution is 8.07. The highest BCUT2D eigenvalue weighted by Gasteiger charge is 2.35. The van der Waals surface area contributed by atoms with E-state index in [1.807, 2.05) is 0 Å². The van der Waals surface area contributed by atoms with Crippen LogP contribution in [-0.2, 0) is 0 Å². The summed E-state index contributed by atoms with van der Waals surface area (Å²) in [5.41, 5.74) is 1.30. The molecule has 0 N–H and O–H groups in total. The summed E-state index contributed by atoms with van der Waals surface area (Å²) in [5.74, 6) is 1.38. The zero-order valence-corrected chi connectivity index (χ0v) is 12.4. The third-order valence-electron chi connectivity index (χ3n) is 2.40. The van der Waals surface area contributed by atoms with E-state index in [-0.39, 0.29) is 0 Å². The van der Waals surface area contributed by atoms with E-state index in [1.165, 1.54) is 17.7 Å². The molecule has 1 aliphatic rings. The monoisotopic (exact) mass is 244 g/mol. The predicted octanol–water partition coefficient (Wildman–Crippen LogP) is 4.75. The van der Waals surface area contributed by atoms with Crippen molar-refractivity contribution < 1.29 is 0 Å². The molecular weight excluding hydrogens is 220 g/mol. The average molecular weight is 244 g/mol. The Labute approximate surface area is 104 Å². The van der Waals surface area contributed by atoms with Crippen LogP contribution in [0.2, 0.25) is 0 Å². The predicted molar refractivity (Wildman–Crippen MR) is 76.0 cm³/mol. The molecule has 0 aliphatic carbocycles. The summed E-state index contributed by atoms with van der Waals surface area (Å²) in [4.78, 5) is 0. The maximum Gasteiger partial charge on any atom is 0.0151 e. The summed E-state index contributed by atoms with van der Waals surface area (Å²) >= 11 is 4.23. The van der Waals surface area contributed by atoms with Gasteiger partial charge < -0.3 is 0 Å². The molecule has 1 rings (SSSR count). The molecule has 0 amide bonds. The number of thioether (sulfide) groups is 2. The molecule has 0 saturated carbocycles. The third kappa shape index (κ3) is 5.91. The molecule has 0 aromatic rings. The SMILES string of the molecule is C=C(C)CC(C)(C)SC(C)(C)CC1CS1. The lowest BCUT2D eigenvalue weighted by molar-refractivity contribution is 0.624. The minimum absolute atomic E-state index is 0.328. The first-order valence-electron chi connectivity index (χ1n) is 5.66. The molecule has 1 saturated heterocycles. The van der Waals surface area contributed by atoms with Gasteiger partial charge in [-0.1, -0.05) is 33.3 Å². The largest absolute Gasteiger partial charge is 0.157 e. The van der Waals surface area contributed by atoms with Gasteiger partial charge in [-0.3, -0.25) is 0 Å². The van der Waals surface area contributed by atoms with Gasteiger partial charge in [0.15, 0.2) is 0 Å². The van der Waals surface area contributed by atoms with Gasteiger partial charge in [0.2, 0.25) is 0 Å². The molecule has 2 heteroatoms. The van der Waals surface area contributed by atoms with Crippen molar-refractivity contribution in [3.8, 4) is 0 Å². The maximum absolute atomic E-state index is 4.03. The molecule has 0 aromatic carbocycles. The van der Waals surface area contributed by atoms with Crippen molar-refractivity contribution in [2.45, 2.75) is 62.2 Å². The Kier molecular flexibility index (Phi) is 4.27. The van der Waals surface area contributed by atoms with Crippen LogP contribution < -0.4 is 0 Å². The molecule has 1 unspecified atom stereocenters. The normalized spacial score (nSPS) is 21.5. The molecule has 0 radical (unpaired) electrons. The van der Waals surface area contributed by atoms with Crippen LogP contribution in [0.1, 0.15) is 47.5 Å². The van der Waals surface area contributed by atoms with Gasteiger partial charge in [0, 0.05) is 20.5 Å². The minimum Gasteiger partial charge on any atom is -0.157 e. The lowest BCUT2D eigenvalue weighted by Crippen LogP contribution is -2.27. The Morgan fingerprint density at radius 1 is 1.33 bits per heavy atom. The van der Waals surface area contributed by atoms with Gasteiger partial charge in [0.05, 0.1) is 0 Å². The van der Waals surface area contributed by atoms with Crippen molar-refractivity contribution in [1.29, 1.82) is 0 Å². The zero-order valence-electron chi connectivity index (χ0n) is 10.7. The summed E-state index contributed by atoms with van der Waals surface area (Å²) in [6.45, 7) is 15.6. The van der Waals surface area contributed by atoms with Crippen LogP contribution in [-0.4, -0.2) is 20.5 Å². The van der Waals surface area contributed by atoms with Gasteiger partial charge in [0.25, 0.3) is 0 Å². The number of hydrogen-bond donors (Lipinski definition) is 0. The van der Waals surface area contributed by atoms with Crippen LogP contribution >= 0.6 is 23.5 Å². The summed E-state index contributed by atoms with van der Waals surface area (Å²) in [6.07, 6.45) is 2.47. The quantitative estimate of drug-likeness (QED) is 0.488. The van der Waals surface area contributed by atoms with E-state index in [1.54, 1.807) is 0 Å². The smallest absolute Gasteiger partial charge is 0.0151 e. The first-order chi connectivity index (χ1) is 6.70. The molecule has 15 heavy (non-hydrogen) atoms. The lowest BCUT2D eigenvalue weighted by Gasteiger charge is -2.34. The molecule has 0 bridgehead atoms. The molecular formula is C13H24S2. The Balaban J connectivity index is 2.45. The Morgan fingerprint density at radius 2 is 1.87 bits per heavy atom. The Morgan fingerprint density at radius 3 is 2.27 bits per heavy atom. The Hall–Kier alpha value is 0.440. The van der Waals surface area contributed by atoms with Crippen LogP contribution in [0.3, 0.4) is 0 Å².